The van der Waals surface area contributed by atoms with Crippen LogP contribution in [0.4, 0.5) is 5.69 Å². The molecule has 29 heavy (non-hydrogen) atoms. The fraction of sp³-hybridized carbons (Fsp3) is 0.526. The van der Waals surface area contributed by atoms with E-state index in [2.05, 4.69) is 20.6 Å². The molecule has 2 aromatic heterocycles. The van der Waals surface area contributed by atoms with Gasteiger partial charge in [-0.1, -0.05) is 18.0 Å². The quantitative estimate of drug-likeness (QED) is 0.655. The first-order valence-electron chi connectivity index (χ1n) is 9.73. The van der Waals surface area contributed by atoms with Crippen LogP contribution < -0.4 is 16.8 Å². The molecule has 0 radical (unpaired) electrons. The largest absolute Gasteiger partial charge is 0.381 e. The number of rotatable bonds is 6. The first-order chi connectivity index (χ1) is 13.8. The van der Waals surface area contributed by atoms with E-state index in [0.29, 0.717) is 17.3 Å². The molecule has 0 spiro atoms. The van der Waals surface area contributed by atoms with E-state index in [0.717, 1.165) is 35.3 Å². The van der Waals surface area contributed by atoms with Crippen molar-refractivity contribution in [2.45, 2.75) is 57.1 Å². The van der Waals surface area contributed by atoms with Crippen LogP contribution in [0.2, 0.25) is 0 Å². The average Bonchev–Trinajstić information content (AvgIpc) is 3.36. The van der Waals surface area contributed by atoms with Crippen LogP contribution in [0.1, 0.15) is 49.8 Å². The number of hydrogen-bond acceptors (Lipinski definition) is 7. The van der Waals surface area contributed by atoms with Crippen molar-refractivity contribution in [3.63, 3.8) is 0 Å². The molecule has 1 fully saturated rings. The van der Waals surface area contributed by atoms with E-state index >= 15 is 0 Å². The highest BCUT2D eigenvalue weighted by Gasteiger charge is 2.47. The Labute approximate surface area is 167 Å². The summed E-state index contributed by atoms with van der Waals surface area (Å²) >= 11 is 0. The van der Waals surface area contributed by atoms with Gasteiger partial charge < -0.3 is 21.6 Å². The van der Waals surface area contributed by atoms with Crippen LogP contribution in [0.15, 0.2) is 11.4 Å². The fourth-order valence-electron chi connectivity index (χ4n) is 4.27. The van der Waals surface area contributed by atoms with Gasteiger partial charge in [-0.25, -0.2) is 4.98 Å². The van der Waals surface area contributed by atoms with E-state index in [1.165, 1.54) is 12.8 Å². The van der Waals surface area contributed by atoms with Crippen molar-refractivity contribution < 1.29 is 14.4 Å². The second-order valence-electron chi connectivity index (χ2n) is 7.89. The highest BCUT2D eigenvalue weighted by Crippen LogP contribution is 2.36. The summed E-state index contributed by atoms with van der Waals surface area (Å²) in [5, 5.41) is 13.2. The number of primary amides is 2. The molecule has 4 rings (SSSR count). The minimum atomic E-state index is -1.56. The van der Waals surface area contributed by atoms with Crippen LogP contribution in [-0.4, -0.2) is 43.9 Å². The Bertz CT molecular complexity index is 1020. The van der Waals surface area contributed by atoms with Gasteiger partial charge in [-0.3, -0.25) is 14.3 Å². The predicted octanol–water partition coefficient (Wildman–Crippen LogP) is 0.855. The Balaban J connectivity index is 1.78. The highest BCUT2D eigenvalue weighted by molar-refractivity contribution is 6.13. The molecule has 1 saturated carbocycles. The van der Waals surface area contributed by atoms with E-state index in [9.17, 15) is 9.59 Å². The number of fused-ring (bicyclic) bond motifs is 1. The molecule has 2 aliphatic rings. The Morgan fingerprint density at radius 3 is 2.72 bits per heavy atom. The normalized spacial score (nSPS) is 21.9. The molecule has 3 heterocycles. The maximum Gasteiger partial charge on any atom is 0.265 e. The summed E-state index contributed by atoms with van der Waals surface area (Å²) in [5.74, 6) is -1.45. The molecule has 1 aliphatic carbocycles. The van der Waals surface area contributed by atoms with Crippen LogP contribution in [0.3, 0.4) is 0 Å². The highest BCUT2D eigenvalue weighted by atomic mass is 16.7. The van der Waals surface area contributed by atoms with Crippen molar-refractivity contribution in [2.75, 3.05) is 5.32 Å². The number of amides is 2. The van der Waals surface area contributed by atoms with Gasteiger partial charge >= 0.3 is 0 Å². The molecule has 2 amide bonds. The van der Waals surface area contributed by atoms with Gasteiger partial charge in [0.1, 0.15) is 0 Å². The summed E-state index contributed by atoms with van der Waals surface area (Å²) < 4.78 is 1.74. The molecule has 0 bridgehead atoms. The number of carbonyl (C=O) groups excluding carboxylic acids is 2. The van der Waals surface area contributed by atoms with Gasteiger partial charge in [0.25, 0.3) is 5.91 Å². The minimum absolute atomic E-state index is 0.0527. The molecular formula is C19H25N7O3. The van der Waals surface area contributed by atoms with E-state index in [1.807, 2.05) is 14.0 Å². The lowest BCUT2D eigenvalue weighted by Gasteiger charge is -2.21. The monoisotopic (exact) mass is 399 g/mol. The third kappa shape index (κ3) is 3.28. The fourth-order valence-corrected chi connectivity index (χ4v) is 4.27. The van der Waals surface area contributed by atoms with Crippen molar-refractivity contribution in [1.29, 1.82) is 0 Å². The molecule has 1 atom stereocenters. The standard InChI is InChI=1S/C19H25N7O3/c1-10-15-16(23-11-5-3-4-6-11)12(9-22-17(15)26(2)24-10)13-7-19(18(21)28,29-25-13)8-14(20)27/h9,11H,3-8H2,1-2H3,(H2,20,27)(H2,21,28)(H,22,23). The van der Waals surface area contributed by atoms with Gasteiger partial charge in [0.2, 0.25) is 11.5 Å². The maximum atomic E-state index is 12.0. The van der Waals surface area contributed by atoms with Gasteiger partial charge in [0.05, 0.1) is 28.9 Å². The van der Waals surface area contributed by atoms with Crippen LogP contribution in [0, 0.1) is 6.92 Å². The van der Waals surface area contributed by atoms with E-state index in [-0.39, 0.29) is 12.8 Å². The van der Waals surface area contributed by atoms with Gasteiger partial charge in [0.15, 0.2) is 5.65 Å². The van der Waals surface area contributed by atoms with Crippen LogP contribution in [0.25, 0.3) is 11.0 Å². The first-order valence-corrected chi connectivity index (χ1v) is 9.73. The molecule has 2 aromatic rings. The number of nitrogens with zero attached hydrogens (tertiary/aromatic N) is 4. The SMILES string of the molecule is Cc1nn(C)c2ncc(C3=NOC(CC(N)=O)(C(N)=O)C3)c(NC3CCCC3)c12. The molecule has 1 aliphatic heterocycles. The number of nitrogens with one attached hydrogen (secondary N) is 1. The molecule has 0 aromatic carbocycles. The number of nitrogens with two attached hydrogens (primary N) is 2. The number of aromatic nitrogens is 3. The van der Waals surface area contributed by atoms with Crippen LogP contribution in [-0.2, 0) is 21.5 Å². The lowest BCUT2D eigenvalue weighted by atomic mass is 9.89. The number of carbonyl (C=O) groups is 2. The summed E-state index contributed by atoms with van der Waals surface area (Å²) in [5.41, 5.74) is 12.9. The van der Waals surface area contributed by atoms with Crippen molar-refractivity contribution in [1.82, 2.24) is 14.8 Å². The van der Waals surface area contributed by atoms with Crippen LogP contribution in [0.5, 0.6) is 0 Å². The molecule has 10 nitrogen and oxygen atoms in total. The summed E-state index contributed by atoms with van der Waals surface area (Å²) in [4.78, 5) is 33.5. The summed E-state index contributed by atoms with van der Waals surface area (Å²) in [7, 11) is 1.85. The second kappa shape index (κ2) is 7.02. The lowest BCUT2D eigenvalue weighted by Crippen LogP contribution is -2.47. The first kappa shape index (κ1) is 19.2. The summed E-state index contributed by atoms with van der Waals surface area (Å²) in [6.45, 7) is 1.93. The van der Waals surface area contributed by atoms with Crippen molar-refractivity contribution in [3.05, 3.63) is 17.5 Å². The predicted molar refractivity (Wildman–Crippen MR) is 107 cm³/mol. The Hall–Kier alpha value is -3.17. The van der Waals surface area contributed by atoms with Crippen molar-refractivity contribution in [2.24, 2.45) is 23.7 Å². The zero-order valence-electron chi connectivity index (χ0n) is 16.6. The molecular weight excluding hydrogens is 374 g/mol. The molecule has 5 N–H and O–H groups in total. The zero-order chi connectivity index (χ0) is 20.8. The summed E-state index contributed by atoms with van der Waals surface area (Å²) in [6.07, 6.45) is 5.95. The van der Waals surface area contributed by atoms with E-state index in [4.69, 9.17) is 16.3 Å². The summed E-state index contributed by atoms with van der Waals surface area (Å²) in [6, 6.07) is 0.341. The van der Waals surface area contributed by atoms with Crippen LogP contribution >= 0.6 is 0 Å². The lowest BCUT2D eigenvalue weighted by molar-refractivity contribution is -0.145. The van der Waals surface area contributed by atoms with Gasteiger partial charge in [-0.15, -0.1) is 0 Å². The van der Waals surface area contributed by atoms with Gasteiger partial charge in [0, 0.05) is 31.3 Å². The molecule has 154 valence electrons. The Kier molecular flexibility index (Phi) is 4.64. The Morgan fingerprint density at radius 2 is 2.07 bits per heavy atom. The number of anilines is 1. The third-order valence-electron chi connectivity index (χ3n) is 5.73. The van der Waals surface area contributed by atoms with Crippen molar-refractivity contribution in [3.8, 4) is 0 Å². The molecule has 1 unspecified atom stereocenters. The topological polar surface area (TPSA) is 151 Å². The number of pyridine rings is 1. The average molecular weight is 399 g/mol. The second-order valence-corrected chi connectivity index (χ2v) is 7.89. The Morgan fingerprint density at radius 1 is 1.34 bits per heavy atom. The molecule has 0 saturated heterocycles. The number of hydrogen-bond donors (Lipinski definition) is 3. The van der Waals surface area contributed by atoms with Gasteiger partial charge in [-0.2, -0.15) is 5.10 Å². The van der Waals surface area contributed by atoms with E-state index in [1.54, 1.807) is 10.9 Å². The van der Waals surface area contributed by atoms with Crippen molar-refractivity contribution >= 4 is 34.2 Å². The maximum absolute atomic E-state index is 12.0. The number of aryl methyl sites for hydroxylation is 2. The zero-order valence-corrected chi connectivity index (χ0v) is 16.6. The van der Waals surface area contributed by atoms with E-state index < -0.39 is 17.4 Å². The molecule has 10 heteroatoms. The smallest absolute Gasteiger partial charge is 0.265 e. The minimum Gasteiger partial charge on any atom is -0.381 e. The third-order valence-corrected chi connectivity index (χ3v) is 5.73. The van der Waals surface area contributed by atoms with Gasteiger partial charge in [-0.05, 0) is 19.8 Å². The number of oxime groups is 1.